The lowest BCUT2D eigenvalue weighted by Crippen LogP contribution is -2.27. The molecule has 0 spiro atoms. The molecule has 0 bridgehead atoms. The zero-order valence-corrected chi connectivity index (χ0v) is 13.5. The van der Waals surface area contributed by atoms with E-state index in [-0.39, 0.29) is 23.1 Å². The van der Waals surface area contributed by atoms with Gasteiger partial charge in [-0.25, -0.2) is 17.8 Å². The summed E-state index contributed by atoms with van der Waals surface area (Å²) in [5.41, 5.74) is 6.31. The predicted octanol–water partition coefficient (Wildman–Crippen LogP) is 2.39. The van der Waals surface area contributed by atoms with E-state index in [1.54, 1.807) is 0 Å². The van der Waals surface area contributed by atoms with Crippen molar-refractivity contribution in [2.45, 2.75) is 11.4 Å². The fourth-order valence-corrected chi connectivity index (χ4v) is 3.47. The fraction of sp³-hybridized carbons (Fsp3) is 0.154. The van der Waals surface area contributed by atoms with Crippen LogP contribution in [0.25, 0.3) is 0 Å². The highest BCUT2D eigenvalue weighted by atomic mass is 79.9. The van der Waals surface area contributed by atoms with Crippen LogP contribution in [0.15, 0.2) is 45.9 Å². The Balaban J connectivity index is 2.30. The van der Waals surface area contributed by atoms with E-state index in [4.69, 9.17) is 5.73 Å². The van der Waals surface area contributed by atoms with Crippen LogP contribution in [0.3, 0.4) is 0 Å². The highest BCUT2D eigenvalue weighted by Crippen LogP contribution is 2.24. The summed E-state index contributed by atoms with van der Waals surface area (Å²) in [6.45, 7) is 0.106. The summed E-state index contributed by atoms with van der Waals surface area (Å²) < 4.78 is 39.5. The van der Waals surface area contributed by atoms with E-state index in [0.29, 0.717) is 10.0 Å². The largest absolute Gasteiger partial charge is 0.383 e. The molecule has 0 aliphatic heterocycles. The number of sulfonamides is 1. The second kappa shape index (κ2) is 6.08. The van der Waals surface area contributed by atoms with Crippen molar-refractivity contribution in [1.29, 1.82) is 0 Å². The first-order chi connectivity index (χ1) is 9.80. The monoisotopic (exact) mass is 373 g/mol. The van der Waals surface area contributed by atoms with Crippen LogP contribution in [0.1, 0.15) is 5.56 Å². The molecular formula is C13H13BrFN3O2S. The Bertz CT molecular complexity index is 751. The van der Waals surface area contributed by atoms with E-state index < -0.39 is 10.0 Å². The van der Waals surface area contributed by atoms with Crippen molar-refractivity contribution in [3.63, 3.8) is 0 Å². The molecule has 0 fully saturated rings. The van der Waals surface area contributed by atoms with Gasteiger partial charge in [0.05, 0.1) is 0 Å². The average molecular weight is 374 g/mol. The van der Waals surface area contributed by atoms with Crippen molar-refractivity contribution in [3.8, 4) is 0 Å². The smallest absolute Gasteiger partial charge is 0.246 e. The molecule has 8 heteroatoms. The number of aromatic nitrogens is 1. The number of pyridine rings is 1. The molecule has 1 aromatic carbocycles. The lowest BCUT2D eigenvalue weighted by atomic mass is 10.2. The van der Waals surface area contributed by atoms with Crippen LogP contribution in [0.4, 0.5) is 10.2 Å². The average Bonchev–Trinajstić information content (AvgIpc) is 2.43. The SMILES string of the molecule is CN(Cc1ccc(F)cc1)S(=O)(=O)c1cc(Br)cnc1N. The minimum Gasteiger partial charge on any atom is -0.383 e. The number of benzene rings is 1. The molecule has 0 saturated heterocycles. The number of hydrogen-bond acceptors (Lipinski definition) is 4. The fourth-order valence-electron chi connectivity index (χ4n) is 1.74. The van der Waals surface area contributed by atoms with Gasteiger partial charge in [-0.05, 0) is 39.7 Å². The zero-order chi connectivity index (χ0) is 15.6. The summed E-state index contributed by atoms with van der Waals surface area (Å²) in [6, 6.07) is 7.03. The van der Waals surface area contributed by atoms with Crippen molar-refractivity contribution in [3.05, 3.63) is 52.4 Å². The van der Waals surface area contributed by atoms with E-state index in [0.717, 1.165) is 4.31 Å². The Morgan fingerprint density at radius 3 is 2.57 bits per heavy atom. The molecule has 0 atom stereocenters. The summed E-state index contributed by atoms with van der Waals surface area (Å²) in [5.74, 6) is -0.436. The molecular weight excluding hydrogens is 361 g/mol. The molecule has 112 valence electrons. The lowest BCUT2D eigenvalue weighted by Gasteiger charge is -2.18. The third-order valence-electron chi connectivity index (χ3n) is 2.86. The molecule has 0 aliphatic rings. The van der Waals surface area contributed by atoms with E-state index >= 15 is 0 Å². The van der Waals surface area contributed by atoms with Crippen LogP contribution in [-0.2, 0) is 16.6 Å². The van der Waals surface area contributed by atoms with Gasteiger partial charge in [-0.2, -0.15) is 4.31 Å². The summed E-state index contributed by atoms with van der Waals surface area (Å²) >= 11 is 3.17. The van der Waals surface area contributed by atoms with Gasteiger partial charge in [0.2, 0.25) is 10.0 Å². The normalized spacial score (nSPS) is 11.8. The van der Waals surface area contributed by atoms with Crippen molar-refractivity contribution in [1.82, 2.24) is 9.29 Å². The molecule has 1 aromatic heterocycles. The minimum absolute atomic E-state index is 0.0656. The van der Waals surface area contributed by atoms with Gasteiger partial charge in [0.25, 0.3) is 0 Å². The highest BCUT2D eigenvalue weighted by molar-refractivity contribution is 9.10. The molecule has 5 nitrogen and oxygen atoms in total. The minimum atomic E-state index is -3.78. The van der Waals surface area contributed by atoms with Crippen LogP contribution in [0.2, 0.25) is 0 Å². The summed E-state index contributed by atoms with van der Waals surface area (Å²) in [6.07, 6.45) is 1.42. The summed E-state index contributed by atoms with van der Waals surface area (Å²) in [7, 11) is -2.35. The van der Waals surface area contributed by atoms with Gasteiger partial charge < -0.3 is 5.73 Å². The number of nitrogens with zero attached hydrogens (tertiary/aromatic N) is 2. The van der Waals surface area contributed by atoms with Gasteiger partial charge >= 0.3 is 0 Å². The van der Waals surface area contributed by atoms with Crippen molar-refractivity contribution in [2.24, 2.45) is 0 Å². The van der Waals surface area contributed by atoms with E-state index in [9.17, 15) is 12.8 Å². The van der Waals surface area contributed by atoms with Crippen LogP contribution in [0, 0.1) is 5.82 Å². The highest BCUT2D eigenvalue weighted by Gasteiger charge is 2.24. The zero-order valence-electron chi connectivity index (χ0n) is 11.1. The third-order valence-corrected chi connectivity index (χ3v) is 5.12. The summed E-state index contributed by atoms with van der Waals surface area (Å²) in [4.78, 5) is 3.75. The van der Waals surface area contributed by atoms with Gasteiger partial charge in [0.15, 0.2) is 0 Å². The van der Waals surface area contributed by atoms with Crippen LogP contribution < -0.4 is 5.73 Å². The molecule has 21 heavy (non-hydrogen) atoms. The first-order valence-electron chi connectivity index (χ1n) is 5.92. The standard InChI is InChI=1S/C13H13BrFN3O2S/c1-18(8-9-2-4-11(15)5-3-9)21(19,20)12-6-10(14)7-17-13(12)16/h2-7H,8H2,1H3,(H2,16,17). The van der Waals surface area contributed by atoms with E-state index in [1.165, 1.54) is 43.6 Å². The number of anilines is 1. The molecule has 1 heterocycles. The molecule has 0 unspecified atom stereocenters. The number of halogens is 2. The van der Waals surface area contributed by atoms with Gasteiger partial charge in [-0.15, -0.1) is 0 Å². The first kappa shape index (κ1) is 15.9. The van der Waals surface area contributed by atoms with Crippen LogP contribution in [-0.4, -0.2) is 24.8 Å². The molecule has 2 rings (SSSR count). The van der Waals surface area contributed by atoms with Gasteiger partial charge in [0, 0.05) is 24.3 Å². The second-order valence-electron chi connectivity index (χ2n) is 4.42. The van der Waals surface area contributed by atoms with Crippen LogP contribution in [0.5, 0.6) is 0 Å². The Kier molecular flexibility index (Phi) is 4.60. The van der Waals surface area contributed by atoms with Crippen molar-refractivity contribution >= 4 is 31.8 Å². The quantitative estimate of drug-likeness (QED) is 0.892. The van der Waals surface area contributed by atoms with Crippen molar-refractivity contribution < 1.29 is 12.8 Å². The summed E-state index contributed by atoms with van der Waals surface area (Å²) in [5, 5.41) is 0. The van der Waals surface area contributed by atoms with E-state index in [2.05, 4.69) is 20.9 Å². The Morgan fingerprint density at radius 1 is 1.33 bits per heavy atom. The maximum absolute atomic E-state index is 12.9. The molecule has 0 aliphatic carbocycles. The number of hydrogen-bond donors (Lipinski definition) is 1. The molecule has 2 aromatic rings. The number of nitrogen functional groups attached to an aromatic ring is 1. The Morgan fingerprint density at radius 2 is 1.95 bits per heavy atom. The predicted molar refractivity (Wildman–Crippen MR) is 81.4 cm³/mol. The van der Waals surface area contributed by atoms with E-state index in [1.807, 2.05) is 0 Å². The Labute approximate surface area is 130 Å². The molecule has 2 N–H and O–H groups in total. The first-order valence-corrected chi connectivity index (χ1v) is 8.16. The maximum atomic E-state index is 12.9. The Hall–Kier alpha value is -1.51. The molecule has 0 radical (unpaired) electrons. The number of nitrogens with two attached hydrogens (primary N) is 1. The van der Waals surface area contributed by atoms with Crippen LogP contribution >= 0.6 is 15.9 Å². The van der Waals surface area contributed by atoms with Gasteiger partial charge in [0.1, 0.15) is 16.5 Å². The topological polar surface area (TPSA) is 76.3 Å². The molecule has 0 saturated carbocycles. The third kappa shape index (κ3) is 3.58. The van der Waals surface area contributed by atoms with Gasteiger partial charge in [-0.3, -0.25) is 0 Å². The molecule has 0 amide bonds. The van der Waals surface area contributed by atoms with Gasteiger partial charge in [-0.1, -0.05) is 12.1 Å². The second-order valence-corrected chi connectivity index (χ2v) is 7.35. The lowest BCUT2D eigenvalue weighted by molar-refractivity contribution is 0.466. The maximum Gasteiger partial charge on any atom is 0.246 e. The van der Waals surface area contributed by atoms with Crippen molar-refractivity contribution in [2.75, 3.05) is 12.8 Å². The number of rotatable bonds is 4.